The van der Waals surface area contributed by atoms with Crippen molar-refractivity contribution in [3.8, 4) is 5.75 Å². The van der Waals surface area contributed by atoms with Crippen molar-refractivity contribution in [2.75, 3.05) is 26.2 Å². The molecule has 9 heteroatoms. The number of piperidine rings is 1. The maximum atomic E-state index is 12.9. The summed E-state index contributed by atoms with van der Waals surface area (Å²) in [5, 5.41) is 3.56. The summed E-state index contributed by atoms with van der Waals surface area (Å²) < 4.78 is 32.8. The Morgan fingerprint density at radius 3 is 2.53 bits per heavy atom. The number of ether oxygens (including phenoxy) is 1. The SMILES string of the molecule is CCc1ccc(OCCNC(=O)C2CCCN(S(=O)(=O)Cc3ccc(Cl)c(Cl)c3)C2)cc1. The number of hydrogen-bond donors (Lipinski definition) is 1. The lowest BCUT2D eigenvalue weighted by atomic mass is 9.99. The molecule has 1 aliphatic rings. The van der Waals surface area contributed by atoms with E-state index in [4.69, 9.17) is 27.9 Å². The number of hydrogen-bond acceptors (Lipinski definition) is 4. The summed E-state index contributed by atoms with van der Waals surface area (Å²) in [5.74, 6) is 0.0531. The van der Waals surface area contributed by atoms with Crippen LogP contribution in [0.25, 0.3) is 0 Å². The number of nitrogens with one attached hydrogen (secondary N) is 1. The van der Waals surface area contributed by atoms with E-state index in [1.807, 2.05) is 24.3 Å². The summed E-state index contributed by atoms with van der Waals surface area (Å²) in [7, 11) is -3.57. The minimum atomic E-state index is -3.57. The first kappa shape index (κ1) is 24.8. The van der Waals surface area contributed by atoms with Gasteiger partial charge in [-0.1, -0.05) is 48.3 Å². The van der Waals surface area contributed by atoms with Gasteiger partial charge in [-0.05, 0) is 54.7 Å². The Balaban J connectivity index is 1.48. The van der Waals surface area contributed by atoms with Crippen LogP contribution < -0.4 is 10.1 Å². The van der Waals surface area contributed by atoms with Gasteiger partial charge in [-0.15, -0.1) is 0 Å². The largest absolute Gasteiger partial charge is 0.492 e. The van der Waals surface area contributed by atoms with Crippen LogP contribution in [0.4, 0.5) is 0 Å². The molecule has 0 aromatic heterocycles. The fourth-order valence-corrected chi connectivity index (χ4v) is 5.57. The third-order valence-corrected chi connectivity index (χ3v) is 8.04. The van der Waals surface area contributed by atoms with E-state index < -0.39 is 10.0 Å². The summed E-state index contributed by atoms with van der Waals surface area (Å²) in [6.07, 6.45) is 2.26. The van der Waals surface area contributed by atoms with E-state index in [1.165, 1.54) is 9.87 Å². The van der Waals surface area contributed by atoms with Crippen LogP contribution in [0.3, 0.4) is 0 Å². The van der Waals surface area contributed by atoms with Gasteiger partial charge in [0, 0.05) is 13.1 Å². The molecule has 174 valence electrons. The molecular weight excluding hydrogens is 471 g/mol. The normalized spacial score (nSPS) is 17.2. The summed E-state index contributed by atoms with van der Waals surface area (Å²) >= 11 is 11.9. The minimum Gasteiger partial charge on any atom is -0.492 e. The predicted octanol–water partition coefficient (Wildman–Crippen LogP) is 4.29. The molecule has 0 radical (unpaired) electrons. The molecular formula is C23H28Cl2N2O4S. The van der Waals surface area contributed by atoms with Crippen molar-refractivity contribution in [1.29, 1.82) is 0 Å². The predicted molar refractivity (Wildman–Crippen MR) is 128 cm³/mol. The molecule has 1 atom stereocenters. The van der Waals surface area contributed by atoms with Gasteiger partial charge in [0.15, 0.2) is 0 Å². The Bertz CT molecular complexity index is 1030. The van der Waals surface area contributed by atoms with Gasteiger partial charge in [-0.3, -0.25) is 4.79 Å². The molecule has 1 saturated heterocycles. The van der Waals surface area contributed by atoms with Gasteiger partial charge >= 0.3 is 0 Å². The average Bonchev–Trinajstić information content (AvgIpc) is 2.79. The molecule has 0 saturated carbocycles. The van der Waals surface area contributed by atoms with E-state index in [9.17, 15) is 13.2 Å². The van der Waals surface area contributed by atoms with Gasteiger partial charge in [0.1, 0.15) is 12.4 Å². The summed E-state index contributed by atoms with van der Waals surface area (Å²) in [6.45, 7) is 3.39. The molecule has 1 amide bonds. The molecule has 1 aliphatic heterocycles. The van der Waals surface area contributed by atoms with Gasteiger partial charge in [0.25, 0.3) is 0 Å². The maximum Gasteiger partial charge on any atom is 0.224 e. The molecule has 32 heavy (non-hydrogen) atoms. The number of sulfonamides is 1. The minimum absolute atomic E-state index is 0.149. The number of amides is 1. The van der Waals surface area contributed by atoms with Crippen LogP contribution in [-0.2, 0) is 27.0 Å². The van der Waals surface area contributed by atoms with Crippen LogP contribution in [0.15, 0.2) is 42.5 Å². The van der Waals surface area contributed by atoms with E-state index in [1.54, 1.807) is 18.2 Å². The Kier molecular flexibility index (Phi) is 8.82. The first-order valence-corrected chi connectivity index (χ1v) is 13.1. The van der Waals surface area contributed by atoms with Crippen LogP contribution in [0.2, 0.25) is 10.0 Å². The zero-order valence-corrected chi connectivity index (χ0v) is 20.3. The highest BCUT2D eigenvalue weighted by molar-refractivity contribution is 7.88. The standard InChI is InChI=1S/C23H28Cl2N2O4S/c1-2-17-5-8-20(9-6-17)31-13-11-26-23(28)19-4-3-12-27(15-19)32(29,30)16-18-7-10-21(24)22(25)14-18/h5-10,14,19H,2-4,11-13,15-16H2,1H3,(H,26,28). The van der Waals surface area contributed by atoms with E-state index >= 15 is 0 Å². The fraction of sp³-hybridized carbons (Fsp3) is 0.435. The van der Waals surface area contributed by atoms with E-state index in [0.29, 0.717) is 48.1 Å². The van der Waals surface area contributed by atoms with Crippen LogP contribution >= 0.6 is 23.2 Å². The van der Waals surface area contributed by atoms with Gasteiger partial charge in [0.2, 0.25) is 15.9 Å². The summed E-state index contributed by atoms with van der Waals surface area (Å²) in [6, 6.07) is 12.7. The van der Waals surface area contributed by atoms with Crippen molar-refractivity contribution in [3.05, 3.63) is 63.6 Å². The lowest BCUT2D eigenvalue weighted by molar-refractivity contribution is -0.126. The molecule has 0 spiro atoms. The molecule has 1 N–H and O–H groups in total. The Morgan fingerprint density at radius 2 is 1.84 bits per heavy atom. The average molecular weight is 499 g/mol. The first-order valence-electron chi connectivity index (χ1n) is 10.7. The van der Waals surface area contributed by atoms with Crippen molar-refractivity contribution < 1.29 is 17.9 Å². The van der Waals surface area contributed by atoms with Gasteiger partial charge < -0.3 is 10.1 Å². The van der Waals surface area contributed by atoms with Crippen LogP contribution in [0, 0.1) is 5.92 Å². The molecule has 1 unspecified atom stereocenters. The van der Waals surface area contributed by atoms with Crippen molar-refractivity contribution in [3.63, 3.8) is 0 Å². The third-order valence-electron chi connectivity index (χ3n) is 5.48. The van der Waals surface area contributed by atoms with E-state index in [2.05, 4.69) is 12.2 Å². The van der Waals surface area contributed by atoms with Crippen molar-refractivity contribution in [2.45, 2.75) is 31.9 Å². The third kappa shape index (κ3) is 6.85. The zero-order chi connectivity index (χ0) is 23.1. The Morgan fingerprint density at radius 1 is 1.12 bits per heavy atom. The molecule has 2 aromatic carbocycles. The van der Waals surface area contributed by atoms with Crippen molar-refractivity contribution in [1.82, 2.24) is 9.62 Å². The molecule has 3 rings (SSSR count). The van der Waals surface area contributed by atoms with Crippen molar-refractivity contribution >= 4 is 39.1 Å². The molecule has 0 bridgehead atoms. The number of rotatable bonds is 9. The van der Waals surface area contributed by atoms with Gasteiger partial charge in [0.05, 0.1) is 28.3 Å². The highest BCUT2D eigenvalue weighted by Gasteiger charge is 2.32. The molecule has 1 fully saturated rings. The van der Waals surface area contributed by atoms with Gasteiger partial charge in [-0.2, -0.15) is 0 Å². The monoisotopic (exact) mass is 498 g/mol. The number of carbonyl (C=O) groups is 1. The maximum absolute atomic E-state index is 12.9. The van der Waals surface area contributed by atoms with Crippen molar-refractivity contribution in [2.24, 2.45) is 5.92 Å². The smallest absolute Gasteiger partial charge is 0.224 e. The van der Waals surface area contributed by atoms with Crippen LogP contribution in [0.1, 0.15) is 30.9 Å². The lowest BCUT2D eigenvalue weighted by Gasteiger charge is -2.31. The molecule has 6 nitrogen and oxygen atoms in total. The quantitative estimate of drug-likeness (QED) is 0.523. The summed E-state index contributed by atoms with van der Waals surface area (Å²) in [5.41, 5.74) is 1.80. The number of benzene rings is 2. The highest BCUT2D eigenvalue weighted by atomic mass is 35.5. The van der Waals surface area contributed by atoms with Crippen LogP contribution in [0.5, 0.6) is 5.75 Å². The Labute approximate surface area is 199 Å². The second-order valence-corrected chi connectivity index (χ2v) is 10.6. The first-order chi connectivity index (χ1) is 15.3. The fourth-order valence-electron chi connectivity index (χ4n) is 3.65. The Hall–Kier alpha value is -1.80. The van der Waals surface area contributed by atoms with Gasteiger partial charge in [-0.25, -0.2) is 12.7 Å². The molecule has 2 aromatic rings. The number of nitrogens with zero attached hydrogens (tertiary/aromatic N) is 1. The second-order valence-electron chi connectivity index (χ2n) is 7.84. The van der Waals surface area contributed by atoms with E-state index in [-0.39, 0.29) is 24.1 Å². The lowest BCUT2D eigenvalue weighted by Crippen LogP contribution is -2.46. The number of carbonyl (C=O) groups excluding carboxylic acids is 1. The molecule has 0 aliphatic carbocycles. The number of halogens is 2. The van der Waals surface area contributed by atoms with Crippen LogP contribution in [-0.4, -0.2) is 44.9 Å². The van der Waals surface area contributed by atoms with E-state index in [0.717, 1.165) is 12.2 Å². The molecule has 1 heterocycles. The zero-order valence-electron chi connectivity index (χ0n) is 18.0. The number of aryl methyl sites for hydroxylation is 1. The highest BCUT2D eigenvalue weighted by Crippen LogP contribution is 2.26. The second kappa shape index (κ2) is 11.4. The summed E-state index contributed by atoms with van der Waals surface area (Å²) in [4.78, 5) is 12.6. The topological polar surface area (TPSA) is 75.7 Å².